The van der Waals surface area contributed by atoms with Gasteiger partial charge < -0.3 is 14.6 Å². The van der Waals surface area contributed by atoms with Crippen LogP contribution in [0.1, 0.15) is 6.92 Å². The number of rotatable bonds is 4. The first kappa shape index (κ1) is 15.4. The van der Waals surface area contributed by atoms with Gasteiger partial charge in [0.15, 0.2) is 6.10 Å². The first-order valence-corrected chi connectivity index (χ1v) is 7.79. The topological polar surface area (TPSA) is 55.8 Å². The molecule has 0 unspecified atom stereocenters. The lowest BCUT2D eigenvalue weighted by Crippen LogP contribution is -2.41. The van der Waals surface area contributed by atoms with Crippen molar-refractivity contribution < 1.29 is 19.4 Å². The fourth-order valence-electron chi connectivity index (χ4n) is 1.75. The number of hydrogen-bond acceptors (Lipinski definition) is 5. The molecular formula is C14H15BrO4S. The molecule has 1 aromatic rings. The average Bonchev–Trinajstić information content (AvgIpc) is 2.42. The van der Waals surface area contributed by atoms with E-state index in [1.165, 1.54) is 6.92 Å². The Labute approximate surface area is 130 Å². The highest BCUT2D eigenvalue weighted by atomic mass is 79.9. The lowest BCUT2D eigenvalue weighted by molar-refractivity contribution is -0.146. The molecule has 1 N–H and O–H groups in total. The van der Waals surface area contributed by atoms with Gasteiger partial charge in [-0.15, -0.1) is 11.8 Å². The van der Waals surface area contributed by atoms with Gasteiger partial charge in [-0.2, -0.15) is 0 Å². The Kier molecular flexibility index (Phi) is 5.51. The number of carbonyl (C=O) groups excluding carboxylic acids is 1. The van der Waals surface area contributed by atoms with Gasteiger partial charge in [0.25, 0.3) is 0 Å². The van der Waals surface area contributed by atoms with Crippen molar-refractivity contribution in [1.82, 2.24) is 0 Å². The zero-order valence-electron chi connectivity index (χ0n) is 10.9. The monoisotopic (exact) mass is 358 g/mol. The summed E-state index contributed by atoms with van der Waals surface area (Å²) < 4.78 is 11.2. The molecule has 1 aliphatic heterocycles. The highest BCUT2D eigenvalue weighted by Crippen LogP contribution is 2.31. The summed E-state index contributed by atoms with van der Waals surface area (Å²) in [6.07, 6.45) is 2.10. The van der Waals surface area contributed by atoms with Crippen LogP contribution in [0.25, 0.3) is 0 Å². The van der Waals surface area contributed by atoms with Crippen LogP contribution in [0.15, 0.2) is 46.0 Å². The second-order valence-corrected chi connectivity index (χ2v) is 6.50. The predicted octanol–water partition coefficient (Wildman–Crippen LogP) is 2.75. The number of benzene rings is 1. The van der Waals surface area contributed by atoms with Crippen LogP contribution in [0.5, 0.6) is 0 Å². The lowest BCUT2D eigenvalue weighted by atomic mass is 10.1. The fraction of sp³-hybridized carbons (Fsp3) is 0.357. The smallest absolute Gasteiger partial charge is 0.302 e. The van der Waals surface area contributed by atoms with Gasteiger partial charge in [-0.05, 0) is 30.3 Å². The summed E-state index contributed by atoms with van der Waals surface area (Å²) in [4.78, 5) is 11.9. The van der Waals surface area contributed by atoms with Gasteiger partial charge in [-0.1, -0.05) is 15.9 Å². The molecule has 1 aromatic carbocycles. The minimum Gasteiger partial charge on any atom is -0.492 e. The van der Waals surface area contributed by atoms with E-state index in [2.05, 4.69) is 15.9 Å². The number of aliphatic hydroxyl groups is 1. The summed E-state index contributed by atoms with van der Waals surface area (Å²) in [5.74, 6) is -0.382. The summed E-state index contributed by atoms with van der Waals surface area (Å²) >= 11 is 4.93. The molecule has 108 valence electrons. The van der Waals surface area contributed by atoms with Crippen LogP contribution >= 0.6 is 27.7 Å². The molecule has 1 heterocycles. The molecule has 0 aliphatic carbocycles. The van der Waals surface area contributed by atoms with Gasteiger partial charge >= 0.3 is 5.97 Å². The van der Waals surface area contributed by atoms with Crippen LogP contribution in [0.4, 0.5) is 0 Å². The highest BCUT2D eigenvalue weighted by molar-refractivity contribution is 9.10. The first-order chi connectivity index (χ1) is 9.56. The molecule has 3 atom stereocenters. The summed E-state index contributed by atoms with van der Waals surface area (Å²) in [6.45, 7) is 1.39. The van der Waals surface area contributed by atoms with Crippen molar-refractivity contribution >= 4 is 33.7 Å². The van der Waals surface area contributed by atoms with Crippen LogP contribution in [0.2, 0.25) is 0 Å². The Morgan fingerprint density at radius 3 is 2.80 bits per heavy atom. The minimum absolute atomic E-state index is 0.0538. The van der Waals surface area contributed by atoms with E-state index in [4.69, 9.17) is 9.47 Å². The van der Waals surface area contributed by atoms with Gasteiger partial charge in [0.2, 0.25) is 0 Å². The molecule has 20 heavy (non-hydrogen) atoms. The molecule has 0 bridgehead atoms. The van der Waals surface area contributed by atoms with E-state index in [9.17, 15) is 9.90 Å². The Bertz CT molecular complexity index is 488. The van der Waals surface area contributed by atoms with Crippen molar-refractivity contribution in [3.05, 3.63) is 41.1 Å². The summed E-state index contributed by atoms with van der Waals surface area (Å²) in [5.41, 5.74) is 0. The second kappa shape index (κ2) is 7.15. The molecule has 0 radical (unpaired) electrons. The van der Waals surface area contributed by atoms with Crippen molar-refractivity contribution in [1.29, 1.82) is 0 Å². The molecular weight excluding hydrogens is 344 g/mol. The molecule has 4 nitrogen and oxygen atoms in total. The number of thioether (sulfide) groups is 1. The third kappa shape index (κ3) is 4.26. The van der Waals surface area contributed by atoms with Crippen molar-refractivity contribution in [2.45, 2.75) is 29.3 Å². The molecule has 0 saturated carbocycles. The molecule has 0 saturated heterocycles. The van der Waals surface area contributed by atoms with Crippen LogP contribution in [-0.2, 0) is 14.3 Å². The van der Waals surface area contributed by atoms with E-state index >= 15 is 0 Å². The third-order valence-corrected chi connectivity index (χ3v) is 4.56. The molecule has 0 amide bonds. The van der Waals surface area contributed by atoms with E-state index in [0.29, 0.717) is 0 Å². The van der Waals surface area contributed by atoms with Gasteiger partial charge in [-0.3, -0.25) is 4.79 Å². The maximum absolute atomic E-state index is 10.8. The molecule has 2 rings (SSSR count). The fourth-order valence-corrected chi connectivity index (χ4v) is 3.08. The largest absolute Gasteiger partial charge is 0.492 e. The molecule has 0 spiro atoms. The van der Waals surface area contributed by atoms with E-state index in [1.807, 2.05) is 30.3 Å². The van der Waals surface area contributed by atoms with Gasteiger partial charge in [0, 0.05) is 16.3 Å². The maximum atomic E-state index is 10.8. The van der Waals surface area contributed by atoms with Gasteiger partial charge in [-0.25, -0.2) is 0 Å². The number of hydrogen-bond donors (Lipinski definition) is 1. The van der Waals surface area contributed by atoms with E-state index in [0.717, 1.165) is 9.37 Å². The number of aliphatic hydroxyl groups excluding tert-OH is 1. The maximum Gasteiger partial charge on any atom is 0.302 e. The van der Waals surface area contributed by atoms with Crippen LogP contribution in [0.3, 0.4) is 0 Å². The summed E-state index contributed by atoms with van der Waals surface area (Å²) in [5, 5.41) is 10.1. The highest BCUT2D eigenvalue weighted by Gasteiger charge is 2.31. The van der Waals surface area contributed by atoms with Crippen molar-refractivity contribution in [3.8, 4) is 0 Å². The van der Waals surface area contributed by atoms with E-state index in [1.54, 1.807) is 18.0 Å². The number of esters is 1. The number of halogens is 1. The molecule has 0 fully saturated rings. The number of carbonyl (C=O) groups is 1. The zero-order valence-corrected chi connectivity index (χ0v) is 13.3. The summed E-state index contributed by atoms with van der Waals surface area (Å²) in [7, 11) is 0. The average molecular weight is 359 g/mol. The van der Waals surface area contributed by atoms with Crippen molar-refractivity contribution in [3.63, 3.8) is 0 Å². The van der Waals surface area contributed by atoms with Crippen LogP contribution < -0.4 is 0 Å². The van der Waals surface area contributed by atoms with Crippen LogP contribution in [-0.4, -0.2) is 35.1 Å². The Hall–Kier alpha value is -0.980. The van der Waals surface area contributed by atoms with Crippen LogP contribution in [0, 0.1) is 0 Å². The Morgan fingerprint density at radius 1 is 1.45 bits per heavy atom. The van der Waals surface area contributed by atoms with Gasteiger partial charge in [0.05, 0.1) is 11.5 Å². The van der Waals surface area contributed by atoms with Crippen molar-refractivity contribution in [2.24, 2.45) is 0 Å². The van der Waals surface area contributed by atoms with E-state index in [-0.39, 0.29) is 17.8 Å². The predicted molar refractivity (Wildman–Crippen MR) is 80.4 cm³/mol. The summed E-state index contributed by atoms with van der Waals surface area (Å²) in [6, 6.07) is 7.86. The Balaban J connectivity index is 1.97. The third-order valence-electron chi connectivity index (χ3n) is 2.78. The number of ether oxygens (including phenoxy) is 2. The Morgan fingerprint density at radius 2 is 2.15 bits per heavy atom. The first-order valence-electron chi connectivity index (χ1n) is 6.12. The zero-order chi connectivity index (χ0) is 14.5. The standard InChI is InChI=1S/C14H15BrO4S/c1-9(16)19-8-12-14(17)13(6-7-18-12)20-11-4-2-10(15)3-5-11/h2-7,12-14,17H,8H2,1H3/t12-,13+,14+/m1/s1. The minimum atomic E-state index is -0.729. The quantitative estimate of drug-likeness (QED) is 0.838. The molecule has 1 aliphatic rings. The molecule has 6 heteroatoms. The second-order valence-electron chi connectivity index (χ2n) is 4.33. The lowest BCUT2D eigenvalue weighted by Gasteiger charge is -2.30. The molecule has 0 aromatic heterocycles. The van der Waals surface area contributed by atoms with Crippen molar-refractivity contribution in [2.75, 3.05) is 6.61 Å². The van der Waals surface area contributed by atoms with E-state index < -0.39 is 12.2 Å². The normalized spacial score (nSPS) is 25.1. The SMILES string of the molecule is CC(=O)OC[C@H]1OC=C[C@H](Sc2ccc(Br)cc2)[C@H]1O. The van der Waals surface area contributed by atoms with Gasteiger partial charge in [0.1, 0.15) is 12.7 Å².